The molecular weight excluding hydrogens is 368 g/mol. The van der Waals surface area contributed by atoms with Crippen LogP contribution in [0.4, 0.5) is 0 Å². The van der Waals surface area contributed by atoms with Crippen molar-refractivity contribution in [1.82, 2.24) is 9.78 Å². The van der Waals surface area contributed by atoms with Gasteiger partial charge < -0.3 is 4.74 Å². The van der Waals surface area contributed by atoms with Gasteiger partial charge in [-0.3, -0.25) is 4.79 Å². The van der Waals surface area contributed by atoms with Gasteiger partial charge in [-0.05, 0) is 54.6 Å². The Balaban J connectivity index is 1.60. The summed E-state index contributed by atoms with van der Waals surface area (Å²) in [6.07, 6.45) is 4.51. The first-order valence-corrected chi connectivity index (χ1v) is 9.84. The molecule has 0 saturated carbocycles. The van der Waals surface area contributed by atoms with Gasteiger partial charge in [0.2, 0.25) is 0 Å². The van der Waals surface area contributed by atoms with Crippen LogP contribution in [0.2, 0.25) is 0 Å². The Labute approximate surface area is 156 Å². The molecule has 1 aromatic heterocycles. The molecule has 0 N–H and O–H groups in total. The van der Waals surface area contributed by atoms with E-state index in [2.05, 4.69) is 5.10 Å². The van der Waals surface area contributed by atoms with Gasteiger partial charge in [0.05, 0.1) is 16.1 Å². The highest BCUT2D eigenvalue weighted by Gasteiger charge is 2.13. The number of carbonyl (C=O) groups excluding carboxylic acids is 2. The zero-order valence-corrected chi connectivity index (χ0v) is 15.2. The third-order valence-corrected chi connectivity index (χ3v) is 4.94. The fourth-order valence-corrected chi connectivity index (χ4v) is 2.99. The van der Waals surface area contributed by atoms with Crippen molar-refractivity contribution < 1.29 is 22.7 Å². The number of hydrogen-bond donors (Lipinski definition) is 0. The summed E-state index contributed by atoms with van der Waals surface area (Å²) in [6, 6.07) is 13.9. The molecule has 7 nitrogen and oxygen atoms in total. The van der Waals surface area contributed by atoms with E-state index in [1.165, 1.54) is 24.3 Å². The molecule has 0 aliphatic heterocycles. The van der Waals surface area contributed by atoms with Crippen molar-refractivity contribution in [1.29, 1.82) is 0 Å². The van der Waals surface area contributed by atoms with Crippen molar-refractivity contribution in [2.24, 2.45) is 0 Å². The third kappa shape index (κ3) is 4.48. The number of hydrogen-bond acceptors (Lipinski definition) is 6. The van der Waals surface area contributed by atoms with Gasteiger partial charge in [-0.1, -0.05) is 0 Å². The summed E-state index contributed by atoms with van der Waals surface area (Å²) >= 11 is 0. The first-order valence-electron chi connectivity index (χ1n) is 7.95. The predicted octanol–water partition coefficient (Wildman–Crippen LogP) is 2.32. The molecule has 3 rings (SSSR count). The van der Waals surface area contributed by atoms with Crippen LogP contribution < -0.4 is 0 Å². The summed E-state index contributed by atoms with van der Waals surface area (Å²) in [7, 11) is -3.33. The number of aromatic nitrogens is 2. The number of esters is 1. The minimum Gasteiger partial charge on any atom is -0.454 e. The maximum absolute atomic E-state index is 12.1. The molecular formula is C19H16N2O5S. The highest BCUT2D eigenvalue weighted by molar-refractivity contribution is 7.90. The van der Waals surface area contributed by atoms with Crippen LogP contribution >= 0.6 is 0 Å². The fraction of sp³-hybridized carbons (Fsp3) is 0.105. The largest absolute Gasteiger partial charge is 0.454 e. The molecule has 0 unspecified atom stereocenters. The Kier molecular flexibility index (Phi) is 5.18. The molecule has 0 aliphatic rings. The molecule has 27 heavy (non-hydrogen) atoms. The number of sulfone groups is 1. The van der Waals surface area contributed by atoms with Crippen molar-refractivity contribution in [2.75, 3.05) is 12.9 Å². The van der Waals surface area contributed by atoms with Gasteiger partial charge in [-0.2, -0.15) is 5.10 Å². The summed E-state index contributed by atoms with van der Waals surface area (Å²) in [6.45, 7) is -0.433. The van der Waals surface area contributed by atoms with E-state index in [1.54, 1.807) is 47.4 Å². The molecule has 0 radical (unpaired) electrons. The van der Waals surface area contributed by atoms with E-state index >= 15 is 0 Å². The molecule has 0 fully saturated rings. The maximum Gasteiger partial charge on any atom is 0.338 e. The second-order valence-electron chi connectivity index (χ2n) is 5.79. The zero-order chi connectivity index (χ0) is 19.4. The minimum atomic E-state index is -3.33. The number of Topliss-reactive ketones (excluding diaryl/α,β-unsaturated/α-hetero) is 1. The van der Waals surface area contributed by atoms with Crippen LogP contribution in [0.5, 0.6) is 0 Å². The van der Waals surface area contributed by atoms with E-state index in [-0.39, 0.29) is 10.5 Å². The van der Waals surface area contributed by atoms with Crippen molar-refractivity contribution in [3.63, 3.8) is 0 Å². The quantitative estimate of drug-likeness (QED) is 0.478. The highest BCUT2D eigenvalue weighted by Crippen LogP contribution is 2.12. The number of ether oxygens (including phenoxy) is 1. The number of ketones is 1. The van der Waals surface area contributed by atoms with Gasteiger partial charge >= 0.3 is 5.97 Å². The molecule has 0 spiro atoms. The van der Waals surface area contributed by atoms with Gasteiger partial charge in [0.25, 0.3) is 0 Å². The van der Waals surface area contributed by atoms with Crippen LogP contribution in [0, 0.1) is 0 Å². The number of nitrogens with zero attached hydrogens (tertiary/aromatic N) is 2. The Morgan fingerprint density at radius 1 is 1.00 bits per heavy atom. The lowest BCUT2D eigenvalue weighted by molar-refractivity contribution is 0.0475. The topological polar surface area (TPSA) is 95.3 Å². The number of benzene rings is 2. The first kappa shape index (κ1) is 18.5. The van der Waals surface area contributed by atoms with Crippen LogP contribution in [0.25, 0.3) is 5.69 Å². The molecule has 1 heterocycles. The van der Waals surface area contributed by atoms with E-state index < -0.39 is 28.2 Å². The number of rotatable bonds is 6. The third-order valence-electron chi connectivity index (χ3n) is 3.81. The van der Waals surface area contributed by atoms with Gasteiger partial charge in [-0.25, -0.2) is 17.9 Å². The predicted molar refractivity (Wildman–Crippen MR) is 97.7 cm³/mol. The zero-order valence-electron chi connectivity index (χ0n) is 14.4. The molecule has 0 amide bonds. The summed E-state index contributed by atoms with van der Waals surface area (Å²) in [5.74, 6) is -1.04. The summed E-state index contributed by atoms with van der Waals surface area (Å²) in [4.78, 5) is 24.3. The Morgan fingerprint density at radius 2 is 1.63 bits per heavy atom. The average molecular weight is 384 g/mol. The normalized spacial score (nSPS) is 11.1. The first-order chi connectivity index (χ1) is 12.8. The van der Waals surface area contributed by atoms with Gasteiger partial charge in [-0.15, -0.1) is 0 Å². The standard InChI is InChI=1S/C19H16N2O5S/c1-27(24,25)17-9-5-14(6-10-17)18(22)13-26-19(23)15-3-7-16(8-4-15)21-12-2-11-20-21/h2-12H,13H2,1H3. The van der Waals surface area contributed by atoms with Gasteiger partial charge in [0.15, 0.2) is 22.2 Å². The highest BCUT2D eigenvalue weighted by atomic mass is 32.2. The monoisotopic (exact) mass is 384 g/mol. The van der Waals surface area contributed by atoms with Crippen LogP contribution in [-0.4, -0.2) is 42.8 Å². The lowest BCUT2D eigenvalue weighted by Gasteiger charge is -2.06. The number of carbonyl (C=O) groups is 2. The molecule has 8 heteroatoms. The van der Waals surface area contributed by atoms with E-state index in [4.69, 9.17) is 4.74 Å². The summed E-state index contributed by atoms with van der Waals surface area (Å²) < 4.78 is 29.5. The van der Waals surface area contributed by atoms with E-state index in [9.17, 15) is 18.0 Å². The van der Waals surface area contributed by atoms with Crippen molar-refractivity contribution >= 4 is 21.6 Å². The lowest BCUT2D eigenvalue weighted by Crippen LogP contribution is -2.14. The van der Waals surface area contributed by atoms with Crippen LogP contribution in [0.15, 0.2) is 71.9 Å². The molecule has 0 atom stereocenters. The lowest BCUT2D eigenvalue weighted by atomic mass is 10.1. The van der Waals surface area contributed by atoms with E-state index in [0.29, 0.717) is 5.56 Å². The van der Waals surface area contributed by atoms with Crippen LogP contribution in [0.1, 0.15) is 20.7 Å². The summed E-state index contributed by atoms with van der Waals surface area (Å²) in [5, 5.41) is 4.09. The smallest absolute Gasteiger partial charge is 0.338 e. The van der Waals surface area contributed by atoms with Crippen molar-refractivity contribution in [3.05, 3.63) is 78.1 Å². The maximum atomic E-state index is 12.1. The van der Waals surface area contributed by atoms with Crippen LogP contribution in [-0.2, 0) is 14.6 Å². The second kappa shape index (κ2) is 7.55. The SMILES string of the molecule is CS(=O)(=O)c1ccc(C(=O)COC(=O)c2ccc(-n3cccn3)cc2)cc1. The van der Waals surface area contributed by atoms with Gasteiger partial charge in [0, 0.05) is 24.2 Å². The van der Waals surface area contributed by atoms with Crippen molar-refractivity contribution in [3.8, 4) is 5.69 Å². The molecule has 0 bridgehead atoms. The Morgan fingerprint density at radius 3 is 2.19 bits per heavy atom. The minimum absolute atomic E-state index is 0.119. The van der Waals surface area contributed by atoms with E-state index in [1.807, 2.05) is 0 Å². The Bertz CT molecular complexity index is 1050. The van der Waals surface area contributed by atoms with Gasteiger partial charge in [0.1, 0.15) is 0 Å². The molecule has 2 aromatic carbocycles. The fourth-order valence-electron chi connectivity index (χ4n) is 2.36. The molecule has 138 valence electrons. The molecule has 0 saturated heterocycles. The van der Waals surface area contributed by atoms with Crippen LogP contribution in [0.3, 0.4) is 0 Å². The molecule has 0 aliphatic carbocycles. The molecule has 3 aromatic rings. The van der Waals surface area contributed by atoms with Crippen molar-refractivity contribution in [2.45, 2.75) is 4.90 Å². The van der Waals surface area contributed by atoms with E-state index in [0.717, 1.165) is 11.9 Å². The Hall–Kier alpha value is -3.26. The second-order valence-corrected chi connectivity index (χ2v) is 7.81. The summed E-state index contributed by atoms with van der Waals surface area (Å²) in [5.41, 5.74) is 1.37. The average Bonchev–Trinajstić information content (AvgIpc) is 3.20.